The molecule has 3 aromatic rings. The molecule has 4 heterocycles. The van der Waals surface area contributed by atoms with Crippen LogP contribution in [0.5, 0.6) is 0 Å². The summed E-state index contributed by atoms with van der Waals surface area (Å²) in [7, 11) is 0. The van der Waals surface area contributed by atoms with E-state index >= 15 is 0 Å². The maximum absolute atomic E-state index is 12.5. The van der Waals surface area contributed by atoms with Crippen LogP contribution in [0.15, 0.2) is 54.1 Å². The van der Waals surface area contributed by atoms with E-state index in [-0.39, 0.29) is 5.56 Å². The van der Waals surface area contributed by atoms with Crippen LogP contribution in [-0.2, 0) is 6.54 Å². The molecule has 0 saturated carbocycles. The highest BCUT2D eigenvalue weighted by Crippen LogP contribution is 2.23. The minimum Gasteiger partial charge on any atom is -0.356 e. The van der Waals surface area contributed by atoms with Gasteiger partial charge in [-0.05, 0) is 37.8 Å². The van der Waals surface area contributed by atoms with Crippen molar-refractivity contribution in [2.45, 2.75) is 26.3 Å². The summed E-state index contributed by atoms with van der Waals surface area (Å²) in [5, 5.41) is 0. The molecule has 0 unspecified atom stereocenters. The summed E-state index contributed by atoms with van der Waals surface area (Å²) in [6.45, 7) is 4.57. The van der Waals surface area contributed by atoms with Crippen LogP contribution in [0.3, 0.4) is 0 Å². The van der Waals surface area contributed by atoms with E-state index < -0.39 is 0 Å². The number of aromatic nitrogens is 5. The van der Waals surface area contributed by atoms with Crippen LogP contribution in [-0.4, -0.2) is 37.6 Å². The number of piperidine rings is 1. The van der Waals surface area contributed by atoms with E-state index in [1.54, 1.807) is 35.7 Å². The lowest BCUT2D eigenvalue weighted by molar-refractivity contribution is 0.350. The molecule has 4 rings (SSSR count). The molecular formula is C20H22N6O. The van der Waals surface area contributed by atoms with Gasteiger partial charge in [0.25, 0.3) is 5.56 Å². The van der Waals surface area contributed by atoms with Gasteiger partial charge in [-0.3, -0.25) is 14.3 Å². The number of rotatable bonds is 4. The molecule has 7 nitrogen and oxygen atoms in total. The highest BCUT2D eigenvalue weighted by molar-refractivity contribution is 5.57. The summed E-state index contributed by atoms with van der Waals surface area (Å²) in [5.41, 5.74) is 2.56. The van der Waals surface area contributed by atoms with Gasteiger partial charge in [0, 0.05) is 55.4 Å². The first-order chi connectivity index (χ1) is 13.2. The molecule has 0 atom stereocenters. The van der Waals surface area contributed by atoms with E-state index in [4.69, 9.17) is 0 Å². The molecule has 0 N–H and O–H groups in total. The molecule has 0 aliphatic carbocycles. The lowest BCUT2D eigenvalue weighted by Crippen LogP contribution is -2.36. The second-order valence-electron chi connectivity index (χ2n) is 6.95. The number of pyridine rings is 1. The Labute approximate surface area is 157 Å². The van der Waals surface area contributed by atoms with Crippen molar-refractivity contribution >= 4 is 5.82 Å². The molecule has 1 aliphatic rings. The van der Waals surface area contributed by atoms with Crippen molar-refractivity contribution in [3.8, 4) is 11.3 Å². The Bertz CT molecular complexity index is 963. The molecule has 0 bridgehead atoms. The van der Waals surface area contributed by atoms with E-state index in [2.05, 4.69) is 24.8 Å². The third-order valence-corrected chi connectivity index (χ3v) is 5.04. The van der Waals surface area contributed by atoms with Gasteiger partial charge in [0.15, 0.2) is 0 Å². The normalized spacial score (nSPS) is 15.1. The Morgan fingerprint density at radius 2 is 1.85 bits per heavy atom. The van der Waals surface area contributed by atoms with Crippen LogP contribution < -0.4 is 10.5 Å². The van der Waals surface area contributed by atoms with E-state index in [0.29, 0.717) is 18.2 Å². The fourth-order valence-corrected chi connectivity index (χ4v) is 3.48. The highest BCUT2D eigenvalue weighted by Gasteiger charge is 2.21. The quantitative estimate of drug-likeness (QED) is 0.709. The monoisotopic (exact) mass is 362 g/mol. The number of nitrogens with zero attached hydrogens (tertiary/aromatic N) is 6. The topological polar surface area (TPSA) is 76.8 Å². The van der Waals surface area contributed by atoms with Gasteiger partial charge in [-0.25, -0.2) is 15.0 Å². The number of anilines is 1. The van der Waals surface area contributed by atoms with Crippen molar-refractivity contribution in [2.24, 2.45) is 5.92 Å². The van der Waals surface area contributed by atoms with Gasteiger partial charge in [0.1, 0.15) is 12.1 Å². The standard InChI is InChI=1S/C20H22N6O/c1-15-10-19(23-13-22-15)25-8-4-16(5-9-25)12-26-14-24-18(11-20(26)27)17-2-6-21-7-3-17/h2-3,6-7,10-11,13-14,16H,4-5,8-9,12H2,1H3. The summed E-state index contributed by atoms with van der Waals surface area (Å²) in [5.74, 6) is 1.46. The molecule has 0 aromatic carbocycles. The zero-order chi connectivity index (χ0) is 18.6. The van der Waals surface area contributed by atoms with E-state index in [9.17, 15) is 4.79 Å². The van der Waals surface area contributed by atoms with Crippen LogP contribution in [0.4, 0.5) is 5.82 Å². The van der Waals surface area contributed by atoms with Crippen LogP contribution in [0, 0.1) is 12.8 Å². The minimum absolute atomic E-state index is 0.00864. The fourth-order valence-electron chi connectivity index (χ4n) is 3.48. The van der Waals surface area contributed by atoms with Crippen molar-refractivity contribution in [3.63, 3.8) is 0 Å². The smallest absolute Gasteiger partial charge is 0.253 e. The third-order valence-electron chi connectivity index (χ3n) is 5.04. The van der Waals surface area contributed by atoms with Gasteiger partial charge in [0.2, 0.25) is 0 Å². The molecule has 0 spiro atoms. The third kappa shape index (κ3) is 4.02. The lowest BCUT2D eigenvalue weighted by Gasteiger charge is -2.33. The molecule has 27 heavy (non-hydrogen) atoms. The fraction of sp³-hybridized carbons (Fsp3) is 0.350. The van der Waals surface area contributed by atoms with Crippen LogP contribution >= 0.6 is 0 Å². The molecule has 7 heteroatoms. The average molecular weight is 362 g/mol. The number of aryl methyl sites for hydroxylation is 1. The predicted octanol–water partition coefficient (Wildman–Crippen LogP) is 2.32. The first-order valence-electron chi connectivity index (χ1n) is 9.19. The molecule has 1 aliphatic heterocycles. The van der Waals surface area contributed by atoms with Gasteiger partial charge in [0.05, 0.1) is 12.0 Å². The summed E-state index contributed by atoms with van der Waals surface area (Å²) < 4.78 is 1.72. The van der Waals surface area contributed by atoms with Crippen LogP contribution in [0.1, 0.15) is 18.5 Å². The zero-order valence-electron chi connectivity index (χ0n) is 15.3. The number of hydrogen-bond donors (Lipinski definition) is 0. The Morgan fingerprint density at radius 3 is 2.56 bits per heavy atom. The van der Waals surface area contributed by atoms with Crippen molar-refractivity contribution in [1.29, 1.82) is 0 Å². The van der Waals surface area contributed by atoms with Crippen molar-refractivity contribution < 1.29 is 0 Å². The van der Waals surface area contributed by atoms with E-state index in [1.165, 1.54) is 0 Å². The first kappa shape index (κ1) is 17.3. The molecule has 138 valence electrons. The van der Waals surface area contributed by atoms with Crippen molar-refractivity contribution in [3.05, 3.63) is 65.4 Å². The van der Waals surface area contributed by atoms with Gasteiger partial charge < -0.3 is 4.90 Å². The number of hydrogen-bond acceptors (Lipinski definition) is 6. The molecule has 1 saturated heterocycles. The molecule has 1 fully saturated rings. The Morgan fingerprint density at radius 1 is 1.07 bits per heavy atom. The maximum atomic E-state index is 12.5. The first-order valence-corrected chi connectivity index (χ1v) is 9.19. The molecule has 3 aromatic heterocycles. The van der Waals surface area contributed by atoms with Gasteiger partial charge in [-0.1, -0.05) is 0 Å². The Kier molecular flexibility index (Phi) is 4.91. The molecule has 0 amide bonds. The Balaban J connectivity index is 1.40. The maximum Gasteiger partial charge on any atom is 0.253 e. The molecular weight excluding hydrogens is 340 g/mol. The summed E-state index contributed by atoms with van der Waals surface area (Å²) >= 11 is 0. The van der Waals surface area contributed by atoms with Crippen molar-refractivity contribution in [1.82, 2.24) is 24.5 Å². The van der Waals surface area contributed by atoms with Gasteiger partial charge in [-0.2, -0.15) is 0 Å². The average Bonchev–Trinajstić information content (AvgIpc) is 2.71. The summed E-state index contributed by atoms with van der Waals surface area (Å²) in [6.07, 6.45) is 8.75. The summed E-state index contributed by atoms with van der Waals surface area (Å²) in [6, 6.07) is 7.34. The lowest BCUT2D eigenvalue weighted by atomic mass is 9.96. The predicted molar refractivity (Wildman–Crippen MR) is 103 cm³/mol. The van der Waals surface area contributed by atoms with Crippen LogP contribution in [0.2, 0.25) is 0 Å². The minimum atomic E-state index is -0.00864. The summed E-state index contributed by atoms with van der Waals surface area (Å²) in [4.78, 5) is 31.8. The Hall–Kier alpha value is -3.09. The largest absolute Gasteiger partial charge is 0.356 e. The SMILES string of the molecule is Cc1cc(N2CCC(Cn3cnc(-c4ccncc4)cc3=O)CC2)ncn1. The molecule has 0 radical (unpaired) electrons. The second kappa shape index (κ2) is 7.65. The highest BCUT2D eigenvalue weighted by atomic mass is 16.1. The van der Waals surface area contributed by atoms with Crippen LogP contribution in [0.25, 0.3) is 11.3 Å². The zero-order valence-corrected chi connectivity index (χ0v) is 15.3. The van der Waals surface area contributed by atoms with Crippen molar-refractivity contribution in [2.75, 3.05) is 18.0 Å². The second-order valence-corrected chi connectivity index (χ2v) is 6.95. The van der Waals surface area contributed by atoms with Gasteiger partial charge >= 0.3 is 0 Å². The van der Waals surface area contributed by atoms with E-state index in [0.717, 1.165) is 43.0 Å². The van der Waals surface area contributed by atoms with Gasteiger partial charge in [-0.15, -0.1) is 0 Å². The van der Waals surface area contributed by atoms with E-state index in [1.807, 2.05) is 25.1 Å².